The highest BCUT2D eigenvalue weighted by atomic mass is 16.5. The SMILES string of the molecule is COc1ccc(N2CCN(c3cc(C(=O)N(C)C)cc(Nc4cc(C(C)(C)C)ccc4C)n3)CC2(C)C)cc1. The summed E-state index contributed by atoms with van der Waals surface area (Å²) >= 11 is 0. The Bertz CT molecular complexity index is 1330. The van der Waals surface area contributed by atoms with E-state index in [-0.39, 0.29) is 16.9 Å². The third-order valence-electron chi connectivity index (χ3n) is 7.44. The first kappa shape index (κ1) is 28.3. The Kier molecular flexibility index (Phi) is 7.82. The Morgan fingerprint density at radius 3 is 2.31 bits per heavy atom. The number of carbonyl (C=O) groups is 1. The number of hydrogen-bond acceptors (Lipinski definition) is 6. The first-order valence-corrected chi connectivity index (χ1v) is 13.6. The van der Waals surface area contributed by atoms with E-state index in [1.165, 1.54) is 11.3 Å². The van der Waals surface area contributed by atoms with Crippen LogP contribution in [0.4, 0.5) is 23.0 Å². The van der Waals surface area contributed by atoms with Crippen molar-refractivity contribution < 1.29 is 9.53 Å². The molecule has 1 fully saturated rings. The molecule has 0 spiro atoms. The molecular formula is C32H43N5O2. The van der Waals surface area contributed by atoms with Crippen molar-refractivity contribution in [2.24, 2.45) is 0 Å². The Morgan fingerprint density at radius 1 is 1.03 bits per heavy atom. The summed E-state index contributed by atoms with van der Waals surface area (Å²) in [5.41, 5.74) is 5.04. The number of ether oxygens (including phenoxy) is 1. The van der Waals surface area contributed by atoms with Crippen molar-refractivity contribution in [3.8, 4) is 5.75 Å². The fourth-order valence-corrected chi connectivity index (χ4v) is 5.08. The largest absolute Gasteiger partial charge is 0.497 e. The molecule has 0 atom stereocenters. The highest BCUT2D eigenvalue weighted by Gasteiger charge is 2.35. The van der Waals surface area contributed by atoms with E-state index >= 15 is 0 Å². The number of nitrogens with zero attached hydrogens (tertiary/aromatic N) is 4. The van der Waals surface area contributed by atoms with Gasteiger partial charge in [-0.25, -0.2) is 4.98 Å². The van der Waals surface area contributed by atoms with E-state index in [9.17, 15) is 4.79 Å². The van der Waals surface area contributed by atoms with Crippen LogP contribution >= 0.6 is 0 Å². The van der Waals surface area contributed by atoms with Crippen LogP contribution in [-0.4, -0.2) is 62.2 Å². The normalized spacial score (nSPS) is 15.2. The number of pyridine rings is 1. The summed E-state index contributed by atoms with van der Waals surface area (Å²) in [6, 6.07) is 18.5. The summed E-state index contributed by atoms with van der Waals surface area (Å²) in [4.78, 5) is 24.4. The zero-order valence-corrected chi connectivity index (χ0v) is 24.9. The van der Waals surface area contributed by atoms with E-state index in [1.54, 1.807) is 26.1 Å². The third kappa shape index (κ3) is 6.29. The number of aryl methyl sites for hydroxylation is 1. The molecule has 39 heavy (non-hydrogen) atoms. The van der Waals surface area contributed by atoms with Crippen molar-refractivity contribution in [3.63, 3.8) is 0 Å². The van der Waals surface area contributed by atoms with Crippen LogP contribution in [0, 0.1) is 6.92 Å². The van der Waals surface area contributed by atoms with Crippen LogP contribution in [0.15, 0.2) is 54.6 Å². The van der Waals surface area contributed by atoms with Crippen LogP contribution in [-0.2, 0) is 5.41 Å². The fourth-order valence-electron chi connectivity index (χ4n) is 5.08. The van der Waals surface area contributed by atoms with Gasteiger partial charge in [0.05, 0.1) is 12.6 Å². The summed E-state index contributed by atoms with van der Waals surface area (Å²) < 4.78 is 5.34. The molecule has 1 aliphatic heterocycles. The molecular weight excluding hydrogens is 486 g/mol. The van der Waals surface area contributed by atoms with E-state index in [0.717, 1.165) is 42.5 Å². The van der Waals surface area contributed by atoms with E-state index in [4.69, 9.17) is 9.72 Å². The lowest BCUT2D eigenvalue weighted by molar-refractivity contribution is 0.0827. The zero-order chi connectivity index (χ0) is 28.5. The van der Waals surface area contributed by atoms with Crippen LogP contribution in [0.3, 0.4) is 0 Å². The van der Waals surface area contributed by atoms with Crippen LogP contribution in [0.2, 0.25) is 0 Å². The Balaban J connectivity index is 1.66. The van der Waals surface area contributed by atoms with E-state index in [2.05, 4.69) is 87.0 Å². The number of aromatic nitrogens is 1. The van der Waals surface area contributed by atoms with Gasteiger partial charge in [0.15, 0.2) is 0 Å². The first-order chi connectivity index (χ1) is 18.3. The Morgan fingerprint density at radius 2 is 1.72 bits per heavy atom. The van der Waals surface area contributed by atoms with Gasteiger partial charge in [0.1, 0.15) is 17.4 Å². The van der Waals surface area contributed by atoms with Gasteiger partial charge in [-0.1, -0.05) is 32.9 Å². The van der Waals surface area contributed by atoms with Crippen LogP contribution in [0.1, 0.15) is 56.1 Å². The summed E-state index contributed by atoms with van der Waals surface area (Å²) in [5, 5.41) is 3.53. The van der Waals surface area contributed by atoms with E-state index in [1.807, 2.05) is 24.3 Å². The standard InChI is InChI=1S/C32H43N5O2/c1-22-10-11-24(31(2,3)4)20-27(22)33-28-18-23(30(38)35(7)8)19-29(34-28)36-16-17-37(32(5,6)21-36)25-12-14-26(39-9)15-13-25/h10-15,18-20H,16-17,21H2,1-9H3,(H,33,34). The summed E-state index contributed by atoms with van der Waals surface area (Å²) in [6.07, 6.45) is 0. The number of rotatable bonds is 6. The minimum atomic E-state index is -0.151. The molecule has 3 aromatic rings. The number of anilines is 4. The van der Waals surface area contributed by atoms with Crippen molar-refractivity contribution >= 4 is 28.9 Å². The molecule has 208 valence electrons. The van der Waals surface area contributed by atoms with Crippen molar-refractivity contribution in [2.75, 3.05) is 56.0 Å². The molecule has 2 aromatic carbocycles. The second kappa shape index (κ2) is 10.8. The second-order valence-electron chi connectivity index (χ2n) is 12.3. The highest BCUT2D eigenvalue weighted by molar-refractivity contribution is 5.95. The maximum Gasteiger partial charge on any atom is 0.253 e. The first-order valence-electron chi connectivity index (χ1n) is 13.6. The maximum atomic E-state index is 13.1. The Labute approximate surface area is 233 Å². The minimum Gasteiger partial charge on any atom is -0.497 e. The van der Waals surface area contributed by atoms with Crippen molar-refractivity contribution in [3.05, 3.63) is 71.3 Å². The van der Waals surface area contributed by atoms with Crippen LogP contribution in [0.25, 0.3) is 0 Å². The molecule has 1 aromatic heterocycles. The quantitative estimate of drug-likeness (QED) is 0.408. The van der Waals surface area contributed by atoms with Gasteiger partial charge in [-0.2, -0.15) is 0 Å². The molecule has 0 radical (unpaired) electrons. The lowest BCUT2D eigenvalue weighted by Crippen LogP contribution is -2.60. The number of carbonyl (C=O) groups excluding carboxylic acids is 1. The number of methoxy groups -OCH3 is 1. The number of nitrogens with one attached hydrogen (secondary N) is 1. The molecule has 1 amide bonds. The van der Waals surface area contributed by atoms with Gasteiger partial charge in [-0.3, -0.25) is 4.79 Å². The third-order valence-corrected chi connectivity index (χ3v) is 7.44. The van der Waals surface area contributed by atoms with Gasteiger partial charge in [-0.15, -0.1) is 0 Å². The van der Waals surface area contributed by atoms with Gasteiger partial charge in [0.25, 0.3) is 5.91 Å². The number of piperazine rings is 1. The van der Waals surface area contributed by atoms with Crippen LogP contribution in [0.5, 0.6) is 5.75 Å². The topological polar surface area (TPSA) is 60.9 Å². The van der Waals surface area contributed by atoms with Crippen molar-refractivity contribution in [1.29, 1.82) is 0 Å². The molecule has 1 N–H and O–H groups in total. The average molecular weight is 530 g/mol. The highest BCUT2D eigenvalue weighted by Crippen LogP contribution is 2.33. The monoisotopic (exact) mass is 529 g/mol. The molecule has 1 aliphatic rings. The molecule has 0 unspecified atom stereocenters. The molecule has 0 saturated carbocycles. The predicted molar refractivity (Wildman–Crippen MR) is 162 cm³/mol. The van der Waals surface area contributed by atoms with Gasteiger partial charge in [0, 0.05) is 50.7 Å². The van der Waals surface area contributed by atoms with Gasteiger partial charge in [-0.05, 0) is 79.8 Å². The molecule has 7 nitrogen and oxygen atoms in total. The smallest absolute Gasteiger partial charge is 0.253 e. The molecule has 2 heterocycles. The average Bonchev–Trinajstić information content (AvgIpc) is 2.88. The summed E-state index contributed by atoms with van der Waals surface area (Å²) in [7, 11) is 5.25. The number of amides is 1. The molecule has 4 rings (SSSR count). The van der Waals surface area contributed by atoms with E-state index < -0.39 is 0 Å². The number of hydrogen-bond donors (Lipinski definition) is 1. The summed E-state index contributed by atoms with van der Waals surface area (Å²) in [6.45, 7) is 15.6. The zero-order valence-electron chi connectivity index (χ0n) is 24.9. The van der Waals surface area contributed by atoms with Crippen molar-refractivity contribution in [1.82, 2.24) is 9.88 Å². The van der Waals surface area contributed by atoms with Gasteiger partial charge < -0.3 is 24.8 Å². The fraction of sp³-hybridized carbons (Fsp3) is 0.438. The minimum absolute atomic E-state index is 0.0284. The van der Waals surface area contributed by atoms with Gasteiger partial charge in [0.2, 0.25) is 0 Å². The Hall–Kier alpha value is -3.74. The van der Waals surface area contributed by atoms with E-state index in [0.29, 0.717) is 11.4 Å². The molecule has 0 bridgehead atoms. The summed E-state index contributed by atoms with van der Waals surface area (Å²) in [5.74, 6) is 2.28. The lowest BCUT2D eigenvalue weighted by Gasteiger charge is -2.49. The number of benzene rings is 2. The maximum absolute atomic E-state index is 13.1. The lowest BCUT2D eigenvalue weighted by atomic mass is 9.86. The second-order valence-corrected chi connectivity index (χ2v) is 12.3. The van der Waals surface area contributed by atoms with Crippen molar-refractivity contribution in [2.45, 2.75) is 52.5 Å². The molecule has 1 saturated heterocycles. The predicted octanol–water partition coefficient (Wildman–Crippen LogP) is 6.25. The van der Waals surface area contributed by atoms with Crippen LogP contribution < -0.4 is 19.9 Å². The van der Waals surface area contributed by atoms with Gasteiger partial charge >= 0.3 is 0 Å². The molecule has 0 aliphatic carbocycles. The molecule has 7 heteroatoms.